The van der Waals surface area contributed by atoms with Crippen LogP contribution in [-0.4, -0.2) is 59.7 Å². The number of hydrogen-bond acceptors (Lipinski definition) is 8. The number of Topliss-reactive ketones (excluding diaryl/α,β-unsaturated/α-hetero) is 2. The second-order valence-electron chi connectivity index (χ2n) is 10.7. The molecule has 2 bridgehead atoms. The van der Waals surface area contributed by atoms with E-state index in [4.69, 9.17) is 5.73 Å². The van der Waals surface area contributed by atoms with E-state index < -0.39 is 17.9 Å². The van der Waals surface area contributed by atoms with Crippen molar-refractivity contribution < 1.29 is 14.0 Å². The number of carbonyl (C=O) groups excluding carboxylic acids is 2. The third kappa shape index (κ3) is 9.28. The molecule has 3 aliphatic rings. The summed E-state index contributed by atoms with van der Waals surface area (Å²) < 4.78 is 14.7. The van der Waals surface area contributed by atoms with Crippen molar-refractivity contribution in [1.29, 1.82) is 0 Å². The first-order chi connectivity index (χ1) is 18.7. The van der Waals surface area contributed by atoms with Gasteiger partial charge in [-0.2, -0.15) is 4.91 Å². The number of nitroso groups, excluding NO2 is 1. The molecule has 0 aromatic rings. The van der Waals surface area contributed by atoms with Crippen molar-refractivity contribution in [3.63, 3.8) is 0 Å². The molecule has 0 radical (unpaired) electrons. The minimum atomic E-state index is -1.22. The van der Waals surface area contributed by atoms with Crippen LogP contribution in [-0.2, 0) is 9.59 Å². The van der Waals surface area contributed by atoms with Crippen LogP contribution >= 0.6 is 0 Å². The molecule has 39 heavy (non-hydrogen) atoms. The number of piperidine rings is 1. The molecular formula is C30H42FN5O3. The van der Waals surface area contributed by atoms with E-state index in [-0.39, 0.29) is 31.0 Å². The minimum Gasteiger partial charge on any atom is -0.382 e. The number of alkyl halides is 1. The molecule has 3 rings (SSSR count). The number of nitrogens with one attached hydrogen (secondary N) is 1. The van der Waals surface area contributed by atoms with Crippen LogP contribution in [0.1, 0.15) is 71.1 Å². The molecule has 9 heteroatoms. The maximum absolute atomic E-state index is 14.7. The van der Waals surface area contributed by atoms with Gasteiger partial charge in [0.2, 0.25) is 0 Å². The third-order valence-electron chi connectivity index (χ3n) is 7.47. The summed E-state index contributed by atoms with van der Waals surface area (Å²) >= 11 is 0. The Labute approximate surface area is 231 Å². The van der Waals surface area contributed by atoms with Crippen LogP contribution in [0.2, 0.25) is 0 Å². The van der Waals surface area contributed by atoms with Gasteiger partial charge in [-0.15, -0.1) is 0 Å². The van der Waals surface area contributed by atoms with Crippen LogP contribution in [0.25, 0.3) is 0 Å². The van der Waals surface area contributed by atoms with E-state index in [0.29, 0.717) is 57.3 Å². The summed E-state index contributed by atoms with van der Waals surface area (Å²) in [4.78, 5) is 43.9. The maximum Gasteiger partial charge on any atom is 0.194 e. The first-order valence-electron chi connectivity index (χ1n) is 14.0. The number of hydrogen-bond donors (Lipinski definition) is 2. The number of nitrogens with two attached hydrogens (primary N) is 1. The van der Waals surface area contributed by atoms with Gasteiger partial charge in [0.1, 0.15) is 23.6 Å². The first kappa shape index (κ1) is 30.5. The molecule has 0 aliphatic carbocycles. The molecule has 1 saturated heterocycles. The highest BCUT2D eigenvalue weighted by molar-refractivity contribution is 6.03. The summed E-state index contributed by atoms with van der Waals surface area (Å²) in [5.41, 5.74) is 8.15. The van der Waals surface area contributed by atoms with Gasteiger partial charge in [-0.05, 0) is 64.0 Å². The van der Waals surface area contributed by atoms with Crippen molar-refractivity contribution in [1.82, 2.24) is 10.2 Å². The predicted molar refractivity (Wildman–Crippen MR) is 154 cm³/mol. The molecule has 3 aliphatic heterocycles. The van der Waals surface area contributed by atoms with Crippen LogP contribution in [0.3, 0.4) is 0 Å². The van der Waals surface area contributed by atoms with Crippen molar-refractivity contribution in [2.45, 2.75) is 89.0 Å². The summed E-state index contributed by atoms with van der Waals surface area (Å²) in [6, 6.07) is -0.755. The van der Waals surface area contributed by atoms with Crippen LogP contribution in [0, 0.1) is 4.91 Å². The van der Waals surface area contributed by atoms with Gasteiger partial charge in [-0.3, -0.25) is 19.5 Å². The lowest BCUT2D eigenvalue weighted by Gasteiger charge is -2.43. The molecule has 8 nitrogen and oxygen atoms in total. The Bertz CT molecular complexity index is 1080. The van der Waals surface area contributed by atoms with Gasteiger partial charge >= 0.3 is 0 Å². The Morgan fingerprint density at radius 1 is 1.21 bits per heavy atom. The lowest BCUT2D eigenvalue weighted by molar-refractivity contribution is -0.135. The fourth-order valence-electron chi connectivity index (χ4n) is 5.18. The average Bonchev–Trinajstić information content (AvgIpc) is 3.39. The Morgan fingerprint density at radius 3 is 2.82 bits per heavy atom. The van der Waals surface area contributed by atoms with E-state index in [2.05, 4.69) is 22.1 Å². The lowest BCUT2D eigenvalue weighted by Crippen LogP contribution is -2.64. The lowest BCUT2D eigenvalue weighted by atomic mass is 9.89. The molecule has 0 saturated carbocycles. The monoisotopic (exact) mass is 539 g/mol. The Morgan fingerprint density at radius 2 is 2.03 bits per heavy atom. The van der Waals surface area contributed by atoms with Crippen molar-refractivity contribution in [2.24, 2.45) is 15.9 Å². The quantitative estimate of drug-likeness (QED) is 0.454. The first-order valence-corrected chi connectivity index (χ1v) is 14.0. The largest absolute Gasteiger partial charge is 0.382 e. The molecule has 212 valence electrons. The van der Waals surface area contributed by atoms with Gasteiger partial charge in [0.05, 0.1) is 6.54 Å². The molecule has 0 spiro atoms. The highest BCUT2D eigenvalue weighted by atomic mass is 19.1. The molecule has 0 aromatic carbocycles. The molecule has 3 atom stereocenters. The van der Waals surface area contributed by atoms with Crippen molar-refractivity contribution in [2.75, 3.05) is 19.6 Å². The number of rotatable bonds is 1. The highest BCUT2D eigenvalue weighted by Gasteiger charge is 2.42. The molecular weight excluding hydrogens is 497 g/mol. The van der Waals surface area contributed by atoms with E-state index in [1.165, 1.54) is 0 Å². The SMILES string of the molecule is C=C1/C=C/CCCC(=O)C2(N)CCCCN2CC(=O)C2=CCC(=N2)CCC(F)CC(N=O)/C=C(C)/C=C/CN1. The summed E-state index contributed by atoms with van der Waals surface area (Å²) in [6.45, 7) is 6.99. The molecule has 1 fully saturated rings. The smallest absolute Gasteiger partial charge is 0.194 e. The zero-order valence-corrected chi connectivity index (χ0v) is 23.0. The standard InChI is InChI=1S/C30H42FN5O3/c1-22-9-8-17-33-23(2)10-4-3-5-11-29(38)30(32)16-6-7-18-36(30)21-28(37)27-15-14-25(34-27)13-12-24(31)20-26(19-22)35-39/h4,8-10,15,19,24,26,33H,2-3,5-7,11-14,16-18,20-21,32H2,1H3/b9-8+,10-4+,22-19+. The molecule has 0 amide bonds. The molecule has 3 unspecified atom stereocenters. The minimum absolute atomic E-state index is 0.00258. The van der Waals surface area contributed by atoms with Crippen molar-refractivity contribution in [3.05, 3.63) is 64.9 Å². The van der Waals surface area contributed by atoms with Gasteiger partial charge in [-0.25, -0.2) is 4.39 Å². The fraction of sp³-hybridized carbons (Fsp3) is 0.567. The van der Waals surface area contributed by atoms with Crippen molar-refractivity contribution in [3.8, 4) is 0 Å². The number of aliphatic imine (C=N–C) groups is 1. The number of ketones is 2. The number of nitrogens with zero attached hydrogens (tertiary/aromatic N) is 3. The predicted octanol–water partition coefficient (Wildman–Crippen LogP) is 4.98. The van der Waals surface area contributed by atoms with Gasteiger partial charge in [0.15, 0.2) is 11.6 Å². The van der Waals surface area contributed by atoms with Crippen LogP contribution in [0.15, 0.2) is 70.2 Å². The van der Waals surface area contributed by atoms with Crippen LogP contribution in [0.5, 0.6) is 0 Å². The normalized spacial score (nSPS) is 32.3. The van der Waals surface area contributed by atoms with Gasteiger partial charge in [0.25, 0.3) is 0 Å². The highest BCUT2D eigenvalue weighted by Crippen LogP contribution is 2.27. The molecule has 3 heterocycles. The van der Waals surface area contributed by atoms with Crippen molar-refractivity contribution >= 4 is 17.3 Å². The zero-order valence-electron chi connectivity index (χ0n) is 23.0. The van der Waals surface area contributed by atoms with Gasteiger partial charge in [-0.1, -0.05) is 41.6 Å². The second kappa shape index (κ2) is 14.9. The van der Waals surface area contributed by atoms with E-state index in [0.717, 1.165) is 29.8 Å². The van der Waals surface area contributed by atoms with E-state index in [1.54, 1.807) is 12.2 Å². The molecule has 3 N–H and O–H groups in total. The van der Waals surface area contributed by atoms with E-state index >= 15 is 0 Å². The van der Waals surface area contributed by atoms with Crippen LogP contribution < -0.4 is 11.1 Å². The fourth-order valence-corrected chi connectivity index (χ4v) is 5.18. The Kier molecular flexibility index (Phi) is 11.7. The van der Waals surface area contributed by atoms with Crippen LogP contribution in [0.4, 0.5) is 4.39 Å². The topological polar surface area (TPSA) is 117 Å². The van der Waals surface area contributed by atoms with Gasteiger partial charge in [0, 0.05) is 43.8 Å². The summed E-state index contributed by atoms with van der Waals surface area (Å²) in [7, 11) is 0. The van der Waals surface area contributed by atoms with E-state index in [9.17, 15) is 18.9 Å². The average molecular weight is 540 g/mol. The maximum atomic E-state index is 14.7. The number of carbonyl (C=O) groups is 2. The summed E-state index contributed by atoms with van der Waals surface area (Å²) in [6.07, 6.45) is 14.9. The second-order valence-corrected chi connectivity index (χ2v) is 10.7. The number of fused-ring (bicyclic) bond motifs is 2. The Balaban J connectivity index is 1.73. The zero-order chi connectivity index (χ0) is 28.3. The molecule has 0 aromatic heterocycles. The van der Waals surface area contributed by atoms with E-state index in [1.807, 2.05) is 36.1 Å². The summed E-state index contributed by atoms with van der Waals surface area (Å²) in [5, 5.41) is 6.28. The Hall–Kier alpha value is -3.04. The number of halogens is 1. The summed E-state index contributed by atoms with van der Waals surface area (Å²) in [5.74, 6) is -0.217. The third-order valence-corrected chi connectivity index (χ3v) is 7.47. The van der Waals surface area contributed by atoms with Gasteiger partial charge < -0.3 is 11.1 Å². The number of allylic oxidation sites excluding steroid dienone is 5.